The topological polar surface area (TPSA) is 71.0 Å². The molecule has 1 unspecified atom stereocenters. The molecule has 0 radical (unpaired) electrons. The van der Waals surface area contributed by atoms with Gasteiger partial charge >= 0.3 is 6.09 Å². The molecule has 2 aliphatic heterocycles. The summed E-state index contributed by atoms with van der Waals surface area (Å²) in [6.45, 7) is 9.97. The lowest BCUT2D eigenvalue weighted by molar-refractivity contribution is -0.0785. The first-order valence-corrected chi connectivity index (χ1v) is 6.73. The first-order valence-electron chi connectivity index (χ1n) is 6.73. The zero-order valence-corrected chi connectivity index (χ0v) is 12.1. The Balaban J connectivity index is 1.97. The second-order valence-electron chi connectivity index (χ2n) is 6.55. The largest absolute Gasteiger partial charge is 0.444 e. The summed E-state index contributed by atoms with van der Waals surface area (Å²) in [4.78, 5) is 13.9. The van der Waals surface area contributed by atoms with Crippen LogP contribution < -0.4 is 5.32 Å². The second-order valence-corrected chi connectivity index (χ2v) is 6.55. The summed E-state index contributed by atoms with van der Waals surface area (Å²) in [7, 11) is 0. The molecule has 2 rings (SSSR count). The van der Waals surface area contributed by atoms with Crippen LogP contribution in [0.4, 0.5) is 4.79 Å². The van der Waals surface area contributed by atoms with Gasteiger partial charge in [0.15, 0.2) is 0 Å². The predicted molar refractivity (Wildman–Crippen MR) is 70.0 cm³/mol. The first-order chi connectivity index (χ1) is 8.72. The number of fused-ring (bicyclic) bond motifs is 1. The van der Waals surface area contributed by atoms with Crippen molar-refractivity contribution in [1.29, 1.82) is 0 Å². The maximum atomic E-state index is 11.8. The molecule has 2 saturated heterocycles. The summed E-state index contributed by atoms with van der Waals surface area (Å²) in [5, 5.41) is 13.2. The van der Waals surface area contributed by atoms with Crippen LogP contribution in [0.3, 0.4) is 0 Å². The van der Waals surface area contributed by atoms with Crippen LogP contribution in [0.25, 0.3) is 0 Å². The van der Waals surface area contributed by atoms with E-state index in [1.165, 1.54) is 0 Å². The zero-order valence-electron chi connectivity index (χ0n) is 12.1. The number of carbonyl (C=O) groups is 1. The monoisotopic (exact) mass is 272 g/mol. The highest BCUT2D eigenvalue weighted by Crippen LogP contribution is 2.32. The summed E-state index contributed by atoms with van der Waals surface area (Å²) in [6.07, 6.45) is -1.14. The molecule has 0 bridgehead atoms. The van der Waals surface area contributed by atoms with Crippen molar-refractivity contribution in [3.8, 4) is 0 Å². The summed E-state index contributed by atoms with van der Waals surface area (Å²) in [6, 6.07) is -0.318. The van der Waals surface area contributed by atoms with E-state index in [1.807, 2.05) is 27.7 Å². The number of alkyl carbamates (subject to hydrolysis) is 1. The number of hydrogen-bond acceptors (Lipinski definition) is 5. The number of amides is 1. The molecule has 110 valence electrons. The van der Waals surface area contributed by atoms with Gasteiger partial charge in [-0.15, -0.1) is 0 Å². The highest BCUT2D eigenvalue weighted by molar-refractivity contribution is 5.68. The Morgan fingerprint density at radius 1 is 1.53 bits per heavy atom. The Kier molecular flexibility index (Phi) is 3.77. The van der Waals surface area contributed by atoms with E-state index in [-0.39, 0.29) is 6.04 Å². The van der Waals surface area contributed by atoms with E-state index < -0.39 is 23.3 Å². The second kappa shape index (κ2) is 4.92. The number of nitrogens with one attached hydrogen (secondary N) is 1. The minimum absolute atomic E-state index is 0.318. The van der Waals surface area contributed by atoms with Crippen molar-refractivity contribution in [2.75, 3.05) is 26.3 Å². The number of ether oxygens (including phenoxy) is 2. The van der Waals surface area contributed by atoms with Crippen LogP contribution in [0, 0.1) is 0 Å². The Labute approximate surface area is 114 Å². The molecule has 0 saturated carbocycles. The minimum Gasteiger partial charge on any atom is -0.444 e. The standard InChI is InChI=1S/C13H24N2O4/c1-12(2,3)19-11(17)14-9-7-15-5-6-18-8-13(15,4)10(9)16/h9-10,16H,5-8H2,1-4H3,(H,14,17)/t9-,10+,13?/m1/s1. The van der Waals surface area contributed by atoms with Crippen molar-refractivity contribution in [2.24, 2.45) is 0 Å². The number of morpholine rings is 1. The van der Waals surface area contributed by atoms with Crippen LogP contribution in [-0.2, 0) is 9.47 Å². The van der Waals surface area contributed by atoms with Gasteiger partial charge in [-0.1, -0.05) is 0 Å². The fraction of sp³-hybridized carbons (Fsp3) is 0.923. The van der Waals surface area contributed by atoms with E-state index in [0.29, 0.717) is 19.8 Å². The number of carbonyl (C=O) groups excluding carboxylic acids is 1. The predicted octanol–water partition coefficient (Wildman–Crippen LogP) is 0.345. The highest BCUT2D eigenvalue weighted by Gasteiger charge is 2.52. The molecule has 2 N–H and O–H groups in total. The number of rotatable bonds is 1. The molecule has 0 spiro atoms. The van der Waals surface area contributed by atoms with Gasteiger partial charge in [-0.3, -0.25) is 4.90 Å². The third-order valence-electron chi connectivity index (χ3n) is 3.76. The molecule has 3 atom stereocenters. The zero-order chi connectivity index (χ0) is 14.3. The number of hydrogen-bond donors (Lipinski definition) is 2. The van der Waals surface area contributed by atoms with Gasteiger partial charge in [-0.05, 0) is 27.7 Å². The summed E-state index contributed by atoms with van der Waals surface area (Å²) >= 11 is 0. The highest BCUT2D eigenvalue weighted by atomic mass is 16.6. The quantitative estimate of drug-likeness (QED) is 0.720. The molecule has 2 aliphatic rings. The fourth-order valence-electron chi connectivity index (χ4n) is 2.73. The third-order valence-corrected chi connectivity index (χ3v) is 3.76. The lowest BCUT2D eigenvalue weighted by Crippen LogP contribution is -2.57. The molecule has 0 aromatic carbocycles. The van der Waals surface area contributed by atoms with Gasteiger partial charge in [-0.25, -0.2) is 4.79 Å². The Bertz CT molecular complexity index is 355. The van der Waals surface area contributed by atoms with Crippen LogP contribution in [0.15, 0.2) is 0 Å². The van der Waals surface area contributed by atoms with Crippen molar-refractivity contribution in [2.45, 2.75) is 51.0 Å². The van der Waals surface area contributed by atoms with Crippen LogP contribution in [0.2, 0.25) is 0 Å². The van der Waals surface area contributed by atoms with E-state index in [9.17, 15) is 9.90 Å². The summed E-state index contributed by atoms with van der Waals surface area (Å²) < 4.78 is 10.7. The van der Waals surface area contributed by atoms with Crippen molar-refractivity contribution in [3.05, 3.63) is 0 Å². The normalized spacial score (nSPS) is 35.8. The van der Waals surface area contributed by atoms with Crippen LogP contribution in [-0.4, -0.2) is 65.7 Å². The summed E-state index contributed by atoms with van der Waals surface area (Å²) in [5.74, 6) is 0. The summed E-state index contributed by atoms with van der Waals surface area (Å²) in [5.41, 5.74) is -0.953. The number of nitrogens with zero attached hydrogens (tertiary/aromatic N) is 1. The van der Waals surface area contributed by atoms with Gasteiger partial charge in [-0.2, -0.15) is 0 Å². The van der Waals surface area contributed by atoms with Crippen molar-refractivity contribution < 1.29 is 19.4 Å². The first kappa shape index (κ1) is 14.6. The molecule has 0 aliphatic carbocycles. The third kappa shape index (κ3) is 3.01. The molecule has 2 fully saturated rings. The molecule has 19 heavy (non-hydrogen) atoms. The van der Waals surface area contributed by atoms with Crippen LogP contribution >= 0.6 is 0 Å². The number of aliphatic hydroxyl groups is 1. The van der Waals surface area contributed by atoms with Crippen LogP contribution in [0.5, 0.6) is 0 Å². The molecule has 0 aromatic rings. The molecule has 6 heteroatoms. The Hall–Kier alpha value is -0.850. The Morgan fingerprint density at radius 3 is 2.79 bits per heavy atom. The average Bonchev–Trinajstić information content (AvgIpc) is 2.50. The van der Waals surface area contributed by atoms with E-state index in [4.69, 9.17) is 9.47 Å². The maximum Gasteiger partial charge on any atom is 0.408 e. The van der Waals surface area contributed by atoms with Crippen molar-refractivity contribution >= 4 is 6.09 Å². The lowest BCUT2D eigenvalue weighted by atomic mass is 9.94. The maximum absolute atomic E-state index is 11.8. The van der Waals surface area contributed by atoms with E-state index in [1.54, 1.807) is 0 Å². The molecule has 0 aromatic heterocycles. The van der Waals surface area contributed by atoms with Gasteiger partial charge in [0.05, 0.1) is 30.9 Å². The van der Waals surface area contributed by atoms with E-state index >= 15 is 0 Å². The van der Waals surface area contributed by atoms with Gasteiger partial charge < -0.3 is 19.9 Å². The smallest absolute Gasteiger partial charge is 0.408 e. The van der Waals surface area contributed by atoms with Gasteiger partial charge in [0, 0.05) is 13.1 Å². The van der Waals surface area contributed by atoms with E-state index in [2.05, 4.69) is 10.2 Å². The lowest BCUT2D eigenvalue weighted by Gasteiger charge is -2.40. The van der Waals surface area contributed by atoms with E-state index in [0.717, 1.165) is 6.54 Å². The van der Waals surface area contributed by atoms with Crippen molar-refractivity contribution in [3.63, 3.8) is 0 Å². The van der Waals surface area contributed by atoms with Gasteiger partial charge in [0.1, 0.15) is 5.60 Å². The van der Waals surface area contributed by atoms with Crippen molar-refractivity contribution in [1.82, 2.24) is 10.2 Å². The Morgan fingerprint density at radius 2 is 2.21 bits per heavy atom. The average molecular weight is 272 g/mol. The molecular formula is C13H24N2O4. The molecule has 6 nitrogen and oxygen atoms in total. The fourth-order valence-corrected chi connectivity index (χ4v) is 2.73. The number of aliphatic hydroxyl groups excluding tert-OH is 1. The molecule has 2 heterocycles. The molecular weight excluding hydrogens is 248 g/mol. The SMILES string of the molecule is CC(C)(C)OC(=O)N[C@@H]1CN2CCOCC2(C)[C@H]1O. The molecule has 1 amide bonds. The minimum atomic E-state index is -0.652. The van der Waals surface area contributed by atoms with Crippen LogP contribution in [0.1, 0.15) is 27.7 Å². The van der Waals surface area contributed by atoms with Gasteiger partial charge in [0.2, 0.25) is 0 Å². The van der Waals surface area contributed by atoms with Gasteiger partial charge in [0.25, 0.3) is 0 Å².